The Bertz CT molecular complexity index is 423. The molecule has 0 aromatic heterocycles. The number of aliphatic carboxylic acids is 1. The van der Waals surface area contributed by atoms with E-state index in [0.29, 0.717) is 13.1 Å². The number of ether oxygens (including phenoxy) is 1. The van der Waals surface area contributed by atoms with Crippen molar-refractivity contribution in [2.24, 2.45) is 5.73 Å². The minimum atomic E-state index is -0.870. The van der Waals surface area contributed by atoms with E-state index in [4.69, 9.17) is 15.6 Å². The van der Waals surface area contributed by atoms with Gasteiger partial charge >= 0.3 is 5.97 Å². The van der Waals surface area contributed by atoms with Crippen LogP contribution in [-0.4, -0.2) is 30.8 Å². The highest BCUT2D eigenvalue weighted by molar-refractivity contribution is 5.67. The summed E-state index contributed by atoms with van der Waals surface area (Å²) in [6, 6.07) is 3.75. The maximum absolute atomic E-state index is 10.5. The molecule has 1 unspecified atom stereocenters. The summed E-state index contributed by atoms with van der Waals surface area (Å²) in [5.74, 6) is 0.0387. The Labute approximate surface area is 113 Å². The number of hydrogen-bond donors (Lipinski definition) is 3. The molecule has 0 aliphatic carbocycles. The predicted molar refractivity (Wildman–Crippen MR) is 74.4 cm³/mol. The van der Waals surface area contributed by atoms with E-state index in [2.05, 4.69) is 17.4 Å². The minimum Gasteiger partial charge on any atom is -0.496 e. The van der Waals surface area contributed by atoms with Gasteiger partial charge in [0.1, 0.15) is 5.75 Å². The van der Waals surface area contributed by atoms with Crippen molar-refractivity contribution in [3.8, 4) is 5.75 Å². The van der Waals surface area contributed by atoms with Crippen molar-refractivity contribution >= 4 is 5.97 Å². The summed E-state index contributed by atoms with van der Waals surface area (Å²) in [5.41, 5.74) is 9.00. The first kappa shape index (κ1) is 15.5. The maximum atomic E-state index is 10.5. The summed E-state index contributed by atoms with van der Waals surface area (Å²) in [7, 11) is 1.66. The van der Waals surface area contributed by atoms with Crippen LogP contribution in [0.2, 0.25) is 0 Å². The van der Waals surface area contributed by atoms with Gasteiger partial charge in [0.25, 0.3) is 0 Å². The Balaban J connectivity index is 2.52. The Kier molecular flexibility index (Phi) is 5.79. The molecule has 0 radical (unpaired) electrons. The zero-order valence-corrected chi connectivity index (χ0v) is 11.7. The van der Waals surface area contributed by atoms with Crippen LogP contribution < -0.4 is 15.8 Å². The molecule has 0 saturated carbocycles. The Morgan fingerprint density at radius 3 is 2.47 bits per heavy atom. The molecule has 0 saturated heterocycles. The molecule has 1 aromatic carbocycles. The number of aryl methyl sites for hydroxylation is 2. The number of nitrogens with one attached hydrogen (secondary N) is 1. The van der Waals surface area contributed by atoms with Crippen LogP contribution in [0.1, 0.15) is 23.1 Å². The number of hydrogen-bond acceptors (Lipinski definition) is 4. The zero-order valence-electron chi connectivity index (χ0n) is 11.7. The number of benzene rings is 1. The first-order valence-corrected chi connectivity index (χ1v) is 6.26. The predicted octanol–water partition coefficient (Wildman–Crippen LogP) is 1.20. The largest absolute Gasteiger partial charge is 0.496 e. The summed E-state index contributed by atoms with van der Waals surface area (Å²) in [6.45, 7) is 5.16. The van der Waals surface area contributed by atoms with Gasteiger partial charge < -0.3 is 20.9 Å². The summed E-state index contributed by atoms with van der Waals surface area (Å²) in [6.07, 6.45) is -0.0202. The van der Waals surface area contributed by atoms with Gasteiger partial charge in [-0.1, -0.05) is 12.1 Å². The molecule has 0 amide bonds. The van der Waals surface area contributed by atoms with Crippen LogP contribution in [0, 0.1) is 13.8 Å². The average Bonchev–Trinajstić information content (AvgIpc) is 2.27. The molecule has 0 heterocycles. The minimum absolute atomic E-state index is 0.0202. The molecule has 0 bridgehead atoms. The molecule has 5 nitrogen and oxygen atoms in total. The summed E-state index contributed by atoms with van der Waals surface area (Å²) >= 11 is 0. The van der Waals surface area contributed by atoms with Crippen LogP contribution in [-0.2, 0) is 11.3 Å². The lowest BCUT2D eigenvalue weighted by molar-refractivity contribution is -0.137. The van der Waals surface area contributed by atoms with Gasteiger partial charge in [-0.05, 0) is 30.5 Å². The second-order valence-electron chi connectivity index (χ2n) is 4.75. The number of rotatable bonds is 7. The molecule has 19 heavy (non-hydrogen) atoms. The van der Waals surface area contributed by atoms with Gasteiger partial charge in [-0.25, -0.2) is 0 Å². The molecule has 0 aliphatic rings. The third-order valence-electron chi connectivity index (χ3n) is 2.90. The van der Waals surface area contributed by atoms with Crippen LogP contribution in [0.5, 0.6) is 5.75 Å². The molecule has 1 atom stereocenters. The molecule has 4 N–H and O–H groups in total. The second-order valence-corrected chi connectivity index (χ2v) is 4.75. The Morgan fingerprint density at radius 2 is 2.00 bits per heavy atom. The molecule has 0 spiro atoms. The van der Waals surface area contributed by atoms with Crippen LogP contribution >= 0.6 is 0 Å². The SMILES string of the molecule is COc1c(C)cc(CNCC(N)CC(=O)O)cc1C. The van der Waals surface area contributed by atoms with E-state index in [0.717, 1.165) is 22.4 Å². The normalized spacial score (nSPS) is 12.2. The molecular weight excluding hydrogens is 244 g/mol. The fraction of sp³-hybridized carbons (Fsp3) is 0.500. The Hall–Kier alpha value is -1.59. The molecule has 106 valence electrons. The summed E-state index contributed by atoms with van der Waals surface area (Å²) in [5, 5.41) is 11.8. The molecule has 5 heteroatoms. The molecule has 1 rings (SSSR count). The van der Waals surface area contributed by atoms with Crippen LogP contribution in [0.25, 0.3) is 0 Å². The third kappa shape index (κ3) is 4.89. The first-order valence-electron chi connectivity index (χ1n) is 6.26. The number of carboxylic acid groups (broad SMARTS) is 1. The smallest absolute Gasteiger partial charge is 0.304 e. The molecule has 0 aliphatic heterocycles. The van der Waals surface area contributed by atoms with Crippen molar-refractivity contribution in [1.82, 2.24) is 5.32 Å². The third-order valence-corrected chi connectivity index (χ3v) is 2.90. The fourth-order valence-electron chi connectivity index (χ4n) is 2.16. The second kappa shape index (κ2) is 7.11. The number of carbonyl (C=O) groups is 1. The lowest BCUT2D eigenvalue weighted by atomic mass is 10.1. The quantitative estimate of drug-likeness (QED) is 0.690. The van der Waals surface area contributed by atoms with Gasteiger partial charge in [-0.2, -0.15) is 0 Å². The monoisotopic (exact) mass is 266 g/mol. The molecular formula is C14H22N2O3. The van der Waals surface area contributed by atoms with Crippen LogP contribution in [0.15, 0.2) is 12.1 Å². The van der Waals surface area contributed by atoms with Gasteiger partial charge in [-0.15, -0.1) is 0 Å². The van der Waals surface area contributed by atoms with Crippen molar-refractivity contribution in [3.63, 3.8) is 0 Å². The van der Waals surface area contributed by atoms with Crippen molar-refractivity contribution in [3.05, 3.63) is 28.8 Å². The van der Waals surface area contributed by atoms with Gasteiger partial charge in [0.15, 0.2) is 0 Å². The van der Waals surface area contributed by atoms with E-state index in [1.807, 2.05) is 13.8 Å². The van der Waals surface area contributed by atoms with E-state index >= 15 is 0 Å². The Morgan fingerprint density at radius 1 is 1.42 bits per heavy atom. The summed E-state index contributed by atoms with van der Waals surface area (Å²) in [4.78, 5) is 10.5. The van der Waals surface area contributed by atoms with Crippen LogP contribution in [0.3, 0.4) is 0 Å². The van der Waals surface area contributed by atoms with Crippen molar-refractivity contribution in [1.29, 1.82) is 0 Å². The van der Waals surface area contributed by atoms with Crippen molar-refractivity contribution in [2.45, 2.75) is 32.9 Å². The summed E-state index contributed by atoms with van der Waals surface area (Å²) < 4.78 is 5.31. The molecule has 1 aromatic rings. The van der Waals surface area contributed by atoms with Crippen molar-refractivity contribution in [2.75, 3.05) is 13.7 Å². The van der Waals surface area contributed by atoms with E-state index in [1.165, 1.54) is 0 Å². The van der Waals surface area contributed by atoms with E-state index in [1.54, 1.807) is 7.11 Å². The van der Waals surface area contributed by atoms with Crippen molar-refractivity contribution < 1.29 is 14.6 Å². The maximum Gasteiger partial charge on any atom is 0.304 e. The number of nitrogens with two attached hydrogens (primary N) is 1. The molecule has 0 fully saturated rings. The highest BCUT2D eigenvalue weighted by Crippen LogP contribution is 2.24. The highest BCUT2D eigenvalue weighted by Gasteiger charge is 2.08. The van der Waals surface area contributed by atoms with Gasteiger partial charge in [0, 0.05) is 19.1 Å². The van der Waals surface area contributed by atoms with Crippen LogP contribution in [0.4, 0.5) is 0 Å². The lowest BCUT2D eigenvalue weighted by Crippen LogP contribution is -2.35. The lowest BCUT2D eigenvalue weighted by Gasteiger charge is -2.13. The zero-order chi connectivity index (χ0) is 14.4. The van der Waals surface area contributed by atoms with Gasteiger partial charge in [0.2, 0.25) is 0 Å². The van der Waals surface area contributed by atoms with E-state index in [-0.39, 0.29) is 12.5 Å². The topological polar surface area (TPSA) is 84.6 Å². The van der Waals surface area contributed by atoms with E-state index in [9.17, 15) is 4.79 Å². The number of methoxy groups -OCH3 is 1. The van der Waals surface area contributed by atoms with E-state index < -0.39 is 5.97 Å². The first-order chi connectivity index (χ1) is 8.93. The number of carboxylic acids is 1. The average molecular weight is 266 g/mol. The highest BCUT2D eigenvalue weighted by atomic mass is 16.5. The van der Waals surface area contributed by atoms with Gasteiger partial charge in [-0.3, -0.25) is 4.79 Å². The fourth-order valence-corrected chi connectivity index (χ4v) is 2.16. The van der Waals surface area contributed by atoms with Gasteiger partial charge in [0.05, 0.1) is 13.5 Å². The standard InChI is InChI=1S/C14H22N2O3/c1-9-4-11(5-10(2)14(9)19-3)7-16-8-12(15)6-13(17)18/h4-5,12,16H,6-8,15H2,1-3H3,(H,17,18).